The lowest BCUT2D eigenvalue weighted by Crippen LogP contribution is -2.54. The summed E-state index contributed by atoms with van der Waals surface area (Å²) < 4.78 is 5.05. The molecule has 0 bridgehead atoms. The first-order chi connectivity index (χ1) is 14.3. The van der Waals surface area contributed by atoms with Gasteiger partial charge in [-0.2, -0.15) is 0 Å². The number of aryl methyl sites for hydroxylation is 1. The lowest BCUT2D eigenvalue weighted by atomic mass is 10.0. The van der Waals surface area contributed by atoms with Crippen molar-refractivity contribution < 1.29 is 29.0 Å². The number of carboxylic acid groups (broad SMARTS) is 1. The average Bonchev–Trinajstić information content (AvgIpc) is 2.70. The molecule has 0 radical (unpaired) electrons. The van der Waals surface area contributed by atoms with Gasteiger partial charge in [0.15, 0.2) is 6.61 Å². The maximum absolute atomic E-state index is 13.0. The number of nitrogens with zero attached hydrogens (tertiary/aromatic N) is 1. The average molecular weight is 429 g/mol. The summed E-state index contributed by atoms with van der Waals surface area (Å²) in [6.07, 6.45) is 1.90. The summed E-state index contributed by atoms with van der Waals surface area (Å²) in [7, 11) is 0. The van der Waals surface area contributed by atoms with Crippen LogP contribution in [0.25, 0.3) is 6.08 Å². The number of carbonyl (C=O) groups excluding carboxylic acids is 3. The number of urea groups is 1. The zero-order valence-electron chi connectivity index (χ0n) is 15.8. The van der Waals surface area contributed by atoms with E-state index in [4.69, 9.17) is 21.4 Å². The molecular weight excluding hydrogens is 412 g/mol. The topological polar surface area (TPSA) is 113 Å². The van der Waals surface area contributed by atoms with E-state index in [0.717, 1.165) is 10.5 Å². The van der Waals surface area contributed by atoms with E-state index in [1.165, 1.54) is 24.3 Å². The number of barbiturate groups is 1. The van der Waals surface area contributed by atoms with E-state index < -0.39 is 30.4 Å². The molecular formula is C21H17ClN2O6. The highest BCUT2D eigenvalue weighted by molar-refractivity contribution is 6.39. The van der Waals surface area contributed by atoms with Crippen LogP contribution in [-0.2, 0) is 20.8 Å². The second-order valence-corrected chi connectivity index (χ2v) is 6.72. The number of amides is 4. The van der Waals surface area contributed by atoms with Gasteiger partial charge >= 0.3 is 12.0 Å². The molecule has 0 aromatic heterocycles. The molecule has 1 saturated heterocycles. The zero-order chi connectivity index (χ0) is 21.8. The van der Waals surface area contributed by atoms with Gasteiger partial charge in [0.05, 0.1) is 10.7 Å². The molecule has 0 atom stereocenters. The third-order valence-electron chi connectivity index (χ3n) is 4.33. The fourth-order valence-electron chi connectivity index (χ4n) is 2.93. The fraction of sp³-hybridized carbons (Fsp3) is 0.143. The number of hydrogen-bond acceptors (Lipinski definition) is 5. The second-order valence-electron chi connectivity index (χ2n) is 6.31. The Morgan fingerprint density at radius 2 is 1.93 bits per heavy atom. The standard InChI is InChI=1S/C21H17ClN2O6/c1-2-13-5-3-4-6-16(13)24-20(28)14(19(27)23-21(24)29)9-12-7-8-17(15(22)10-12)30-11-18(25)26/h3-10H,2,11H2,1H3,(H,25,26)(H,23,27,29). The van der Waals surface area contributed by atoms with Crippen molar-refractivity contribution in [1.82, 2.24) is 5.32 Å². The van der Waals surface area contributed by atoms with E-state index in [2.05, 4.69) is 5.32 Å². The largest absolute Gasteiger partial charge is 0.480 e. The van der Waals surface area contributed by atoms with Crippen molar-refractivity contribution >= 4 is 47.2 Å². The number of carbonyl (C=O) groups is 4. The van der Waals surface area contributed by atoms with Gasteiger partial charge in [-0.05, 0) is 41.8 Å². The molecule has 1 fully saturated rings. The Bertz CT molecular complexity index is 1080. The number of carboxylic acids is 1. The predicted molar refractivity (Wildman–Crippen MR) is 109 cm³/mol. The molecule has 2 aromatic carbocycles. The number of hydrogen-bond donors (Lipinski definition) is 2. The van der Waals surface area contributed by atoms with Crippen LogP contribution in [0.1, 0.15) is 18.1 Å². The number of anilines is 1. The van der Waals surface area contributed by atoms with E-state index in [9.17, 15) is 19.2 Å². The van der Waals surface area contributed by atoms with Crippen molar-refractivity contribution in [2.45, 2.75) is 13.3 Å². The van der Waals surface area contributed by atoms with Gasteiger partial charge in [-0.3, -0.25) is 14.9 Å². The normalized spacial score (nSPS) is 15.3. The maximum Gasteiger partial charge on any atom is 0.341 e. The minimum atomic E-state index is -1.15. The van der Waals surface area contributed by atoms with Crippen LogP contribution in [0.3, 0.4) is 0 Å². The van der Waals surface area contributed by atoms with Crippen molar-refractivity contribution in [3.05, 3.63) is 64.2 Å². The van der Waals surface area contributed by atoms with Crippen LogP contribution >= 0.6 is 11.6 Å². The molecule has 2 N–H and O–H groups in total. The quantitative estimate of drug-likeness (QED) is 0.540. The van der Waals surface area contributed by atoms with Crippen LogP contribution in [0, 0.1) is 0 Å². The summed E-state index contributed by atoms with van der Waals surface area (Å²) in [6.45, 7) is 1.33. The first-order valence-electron chi connectivity index (χ1n) is 8.95. The second kappa shape index (κ2) is 8.79. The summed E-state index contributed by atoms with van der Waals surface area (Å²) in [5.41, 5.74) is 1.34. The third-order valence-corrected chi connectivity index (χ3v) is 4.63. The molecule has 154 valence electrons. The number of halogens is 1. The number of nitrogens with one attached hydrogen (secondary N) is 1. The van der Waals surface area contributed by atoms with E-state index in [-0.39, 0.29) is 16.3 Å². The minimum absolute atomic E-state index is 0.110. The predicted octanol–water partition coefficient (Wildman–Crippen LogP) is 3.03. The van der Waals surface area contributed by atoms with Crippen molar-refractivity contribution in [3.8, 4) is 5.75 Å². The molecule has 1 heterocycles. The molecule has 1 aliphatic rings. The fourth-order valence-corrected chi connectivity index (χ4v) is 3.18. The molecule has 3 rings (SSSR count). The molecule has 2 aromatic rings. The molecule has 0 spiro atoms. The van der Waals surface area contributed by atoms with Crippen LogP contribution in [0.15, 0.2) is 48.0 Å². The number of aliphatic carboxylic acids is 1. The lowest BCUT2D eigenvalue weighted by Gasteiger charge is -2.28. The van der Waals surface area contributed by atoms with E-state index in [1.807, 2.05) is 6.92 Å². The highest BCUT2D eigenvalue weighted by Crippen LogP contribution is 2.29. The van der Waals surface area contributed by atoms with Crippen molar-refractivity contribution in [1.29, 1.82) is 0 Å². The molecule has 8 nitrogen and oxygen atoms in total. The molecule has 0 unspecified atom stereocenters. The van der Waals surface area contributed by atoms with Crippen LogP contribution in [0.2, 0.25) is 5.02 Å². The maximum atomic E-state index is 13.0. The first kappa shape index (κ1) is 21.1. The smallest absolute Gasteiger partial charge is 0.341 e. The Hall–Kier alpha value is -3.65. The Morgan fingerprint density at radius 3 is 2.60 bits per heavy atom. The van der Waals surface area contributed by atoms with Gasteiger partial charge in [0, 0.05) is 0 Å². The SMILES string of the molecule is CCc1ccccc1N1C(=O)NC(=O)C(=Cc2ccc(OCC(=O)O)c(Cl)c2)C1=O. The molecule has 9 heteroatoms. The van der Waals surface area contributed by atoms with Gasteiger partial charge in [-0.25, -0.2) is 14.5 Å². The Morgan fingerprint density at radius 1 is 1.20 bits per heavy atom. The summed E-state index contributed by atoms with van der Waals surface area (Å²) in [5.74, 6) is -2.59. The van der Waals surface area contributed by atoms with Crippen LogP contribution in [-0.4, -0.2) is 35.5 Å². The Balaban J connectivity index is 1.95. The summed E-state index contributed by atoms with van der Waals surface area (Å²) >= 11 is 6.09. The molecule has 0 aliphatic carbocycles. The Labute approximate surface area is 176 Å². The van der Waals surface area contributed by atoms with Gasteiger partial charge in [0.25, 0.3) is 11.8 Å². The molecule has 30 heavy (non-hydrogen) atoms. The van der Waals surface area contributed by atoms with Gasteiger partial charge in [0.1, 0.15) is 11.3 Å². The van der Waals surface area contributed by atoms with Crippen molar-refractivity contribution in [2.24, 2.45) is 0 Å². The van der Waals surface area contributed by atoms with Gasteiger partial charge in [-0.1, -0.05) is 42.8 Å². The van der Waals surface area contributed by atoms with Gasteiger partial charge in [0.2, 0.25) is 0 Å². The zero-order valence-corrected chi connectivity index (χ0v) is 16.6. The highest BCUT2D eigenvalue weighted by atomic mass is 35.5. The third kappa shape index (κ3) is 4.33. The van der Waals surface area contributed by atoms with Crippen molar-refractivity contribution in [2.75, 3.05) is 11.5 Å². The van der Waals surface area contributed by atoms with Gasteiger partial charge in [-0.15, -0.1) is 0 Å². The Kier molecular flexibility index (Phi) is 6.17. The highest BCUT2D eigenvalue weighted by Gasteiger charge is 2.37. The van der Waals surface area contributed by atoms with Crippen molar-refractivity contribution in [3.63, 3.8) is 0 Å². The summed E-state index contributed by atoms with van der Waals surface area (Å²) in [6, 6.07) is 10.5. The van der Waals surface area contributed by atoms with E-state index in [0.29, 0.717) is 17.7 Å². The molecule has 0 saturated carbocycles. The van der Waals surface area contributed by atoms with Gasteiger partial charge < -0.3 is 9.84 Å². The van der Waals surface area contributed by atoms with Crippen LogP contribution < -0.4 is 15.0 Å². The van der Waals surface area contributed by atoms with E-state index >= 15 is 0 Å². The number of rotatable bonds is 6. The van der Waals surface area contributed by atoms with Crippen LogP contribution in [0.4, 0.5) is 10.5 Å². The number of para-hydroxylation sites is 1. The van der Waals surface area contributed by atoms with E-state index in [1.54, 1.807) is 24.3 Å². The first-order valence-corrected chi connectivity index (χ1v) is 9.33. The van der Waals surface area contributed by atoms with Crippen LogP contribution in [0.5, 0.6) is 5.75 Å². The minimum Gasteiger partial charge on any atom is -0.480 e. The summed E-state index contributed by atoms with van der Waals surface area (Å²) in [5, 5.41) is 11.0. The molecule has 1 aliphatic heterocycles. The summed E-state index contributed by atoms with van der Waals surface area (Å²) in [4.78, 5) is 49.2. The molecule has 4 amide bonds. The monoisotopic (exact) mass is 428 g/mol. The number of benzene rings is 2. The number of imide groups is 2. The lowest BCUT2D eigenvalue weighted by molar-refractivity contribution is -0.139. The number of ether oxygens (including phenoxy) is 1.